The molecule has 156 valence electrons. The minimum absolute atomic E-state index is 0.199. The fourth-order valence-corrected chi connectivity index (χ4v) is 4.13. The van der Waals surface area contributed by atoms with E-state index in [1.165, 1.54) is 10.9 Å². The molecule has 7 nitrogen and oxygen atoms in total. The molecule has 3 aromatic rings. The quantitative estimate of drug-likeness (QED) is 0.602. The number of halogens is 3. The number of aromatic nitrogens is 4. The highest BCUT2D eigenvalue weighted by Crippen LogP contribution is 2.33. The summed E-state index contributed by atoms with van der Waals surface area (Å²) in [6.07, 6.45) is 2.82. The maximum Gasteiger partial charge on any atom is 0.261 e. The number of ether oxygens (including phenoxy) is 1. The van der Waals surface area contributed by atoms with E-state index in [1.54, 1.807) is 16.6 Å². The molecular formula is C20H18F3N5O2. The molecule has 0 unspecified atom stereocenters. The maximum absolute atomic E-state index is 13.7. The number of rotatable bonds is 2. The van der Waals surface area contributed by atoms with E-state index in [-0.39, 0.29) is 18.0 Å². The second-order valence-corrected chi connectivity index (χ2v) is 7.42. The van der Waals surface area contributed by atoms with E-state index in [0.29, 0.717) is 48.9 Å². The largest absolute Gasteiger partial charge is 0.477 e. The first kappa shape index (κ1) is 18.7. The number of aryl methyl sites for hydroxylation is 2. The van der Waals surface area contributed by atoms with Crippen LogP contribution in [0.3, 0.4) is 0 Å². The summed E-state index contributed by atoms with van der Waals surface area (Å²) in [7, 11) is 1.65. The average Bonchev–Trinajstić information content (AvgIpc) is 3.30. The van der Waals surface area contributed by atoms with E-state index in [0.717, 1.165) is 24.1 Å². The molecule has 0 bridgehead atoms. The Bertz CT molecular complexity index is 1150. The predicted octanol–water partition coefficient (Wildman–Crippen LogP) is 2.68. The van der Waals surface area contributed by atoms with E-state index in [1.807, 2.05) is 0 Å². The van der Waals surface area contributed by atoms with Crippen LogP contribution in [0.1, 0.15) is 28.0 Å². The van der Waals surface area contributed by atoms with Crippen molar-refractivity contribution in [1.82, 2.24) is 24.5 Å². The minimum Gasteiger partial charge on any atom is -0.477 e. The molecule has 0 radical (unpaired) electrons. The lowest BCUT2D eigenvalue weighted by Crippen LogP contribution is -2.36. The molecule has 30 heavy (non-hydrogen) atoms. The predicted molar refractivity (Wildman–Crippen MR) is 99.3 cm³/mol. The van der Waals surface area contributed by atoms with Crippen LogP contribution >= 0.6 is 0 Å². The van der Waals surface area contributed by atoms with Crippen LogP contribution in [0.15, 0.2) is 18.3 Å². The highest BCUT2D eigenvalue weighted by atomic mass is 19.2. The Balaban J connectivity index is 1.45. The molecule has 0 fully saturated rings. The summed E-state index contributed by atoms with van der Waals surface area (Å²) in [5.41, 5.74) is 2.57. The number of amides is 1. The highest BCUT2D eigenvalue weighted by molar-refractivity contribution is 5.96. The number of hydrogen-bond acceptors (Lipinski definition) is 4. The van der Waals surface area contributed by atoms with Crippen LogP contribution in [-0.2, 0) is 26.6 Å². The van der Waals surface area contributed by atoms with E-state index < -0.39 is 17.5 Å². The fraction of sp³-hybridized carbons (Fsp3) is 0.350. The normalized spacial score (nSPS) is 15.5. The monoisotopic (exact) mass is 417 g/mol. The van der Waals surface area contributed by atoms with Gasteiger partial charge in [0.15, 0.2) is 17.5 Å². The third kappa shape index (κ3) is 2.86. The second-order valence-electron chi connectivity index (χ2n) is 7.42. The molecule has 4 heterocycles. The number of nitrogens with zero attached hydrogens (tertiary/aromatic N) is 5. The summed E-state index contributed by atoms with van der Waals surface area (Å²) in [6, 6.07) is 1.92. The number of benzene rings is 1. The summed E-state index contributed by atoms with van der Waals surface area (Å²) >= 11 is 0. The van der Waals surface area contributed by atoms with Crippen molar-refractivity contribution in [2.24, 2.45) is 7.05 Å². The highest BCUT2D eigenvalue weighted by Gasteiger charge is 2.31. The van der Waals surface area contributed by atoms with Crippen LogP contribution in [0.2, 0.25) is 0 Å². The summed E-state index contributed by atoms with van der Waals surface area (Å²) in [5, 5.41) is 8.66. The van der Waals surface area contributed by atoms with Gasteiger partial charge in [-0.15, -0.1) is 0 Å². The molecule has 0 atom stereocenters. The van der Waals surface area contributed by atoms with Gasteiger partial charge in [-0.2, -0.15) is 10.2 Å². The maximum atomic E-state index is 13.7. The number of carbonyl (C=O) groups is 1. The summed E-state index contributed by atoms with van der Waals surface area (Å²) in [4.78, 5) is 14.7. The Morgan fingerprint density at radius 1 is 1.17 bits per heavy atom. The van der Waals surface area contributed by atoms with E-state index in [4.69, 9.17) is 4.74 Å². The van der Waals surface area contributed by atoms with E-state index >= 15 is 0 Å². The zero-order valence-electron chi connectivity index (χ0n) is 16.2. The Kier molecular flexibility index (Phi) is 4.30. The lowest BCUT2D eigenvalue weighted by molar-refractivity contribution is 0.0725. The standard InChI is InChI=1S/C20H18F3N5O2/c1-26-18(11-7-14(21)17(23)15(22)8-11)12-3-5-27(10-16(12)25-26)19(29)13-9-24-28-4-2-6-30-20(13)28/h7-9H,2-6,10H2,1H3. The first-order chi connectivity index (χ1) is 14.4. The molecular weight excluding hydrogens is 399 g/mol. The van der Waals surface area contributed by atoms with Gasteiger partial charge < -0.3 is 9.64 Å². The fourth-order valence-electron chi connectivity index (χ4n) is 4.13. The van der Waals surface area contributed by atoms with Gasteiger partial charge in [0.05, 0.1) is 30.7 Å². The van der Waals surface area contributed by atoms with Crippen molar-refractivity contribution in [3.05, 3.63) is 52.6 Å². The van der Waals surface area contributed by atoms with Crippen LogP contribution in [0.25, 0.3) is 11.3 Å². The van der Waals surface area contributed by atoms with Crippen LogP contribution in [0.4, 0.5) is 13.2 Å². The molecule has 2 aliphatic heterocycles. The molecule has 2 aliphatic rings. The van der Waals surface area contributed by atoms with Crippen LogP contribution in [0.5, 0.6) is 5.88 Å². The van der Waals surface area contributed by atoms with Gasteiger partial charge in [0.25, 0.3) is 5.91 Å². The average molecular weight is 417 g/mol. The molecule has 0 saturated heterocycles. The Morgan fingerprint density at radius 2 is 1.93 bits per heavy atom. The summed E-state index contributed by atoms with van der Waals surface area (Å²) in [6.45, 7) is 1.91. The molecule has 2 aromatic heterocycles. The van der Waals surface area contributed by atoms with Gasteiger partial charge in [-0.05, 0) is 18.6 Å². The SMILES string of the molecule is Cn1nc2c(c1-c1cc(F)c(F)c(F)c1)CCN(C(=O)c1cnn3c1OCCC3)C2. The van der Waals surface area contributed by atoms with Gasteiger partial charge in [-0.25, -0.2) is 17.9 Å². The van der Waals surface area contributed by atoms with Crippen LogP contribution < -0.4 is 4.74 Å². The minimum atomic E-state index is -1.50. The van der Waals surface area contributed by atoms with Crippen molar-refractivity contribution in [2.45, 2.75) is 25.9 Å². The molecule has 0 aliphatic carbocycles. The van der Waals surface area contributed by atoms with Gasteiger partial charge in [-0.1, -0.05) is 0 Å². The van der Waals surface area contributed by atoms with Crippen molar-refractivity contribution in [2.75, 3.05) is 13.2 Å². The Labute approximate surface area is 169 Å². The zero-order chi connectivity index (χ0) is 21.0. The van der Waals surface area contributed by atoms with Gasteiger partial charge in [0.2, 0.25) is 5.88 Å². The lowest BCUT2D eigenvalue weighted by atomic mass is 9.99. The molecule has 1 amide bonds. The molecule has 0 saturated carbocycles. The molecule has 1 aromatic carbocycles. The second kappa shape index (κ2) is 6.89. The van der Waals surface area contributed by atoms with Crippen molar-refractivity contribution in [3.63, 3.8) is 0 Å². The zero-order valence-corrected chi connectivity index (χ0v) is 16.2. The number of carbonyl (C=O) groups excluding carboxylic acids is 1. The van der Waals surface area contributed by atoms with Gasteiger partial charge in [0, 0.05) is 37.7 Å². The van der Waals surface area contributed by atoms with Crippen molar-refractivity contribution >= 4 is 5.91 Å². The number of hydrogen-bond donors (Lipinski definition) is 0. The molecule has 0 N–H and O–H groups in total. The van der Waals surface area contributed by atoms with Crippen molar-refractivity contribution in [1.29, 1.82) is 0 Å². The lowest BCUT2D eigenvalue weighted by Gasteiger charge is -2.27. The van der Waals surface area contributed by atoms with Crippen LogP contribution in [0, 0.1) is 17.5 Å². The van der Waals surface area contributed by atoms with Crippen LogP contribution in [-0.4, -0.2) is 43.5 Å². The number of fused-ring (bicyclic) bond motifs is 2. The van der Waals surface area contributed by atoms with E-state index in [9.17, 15) is 18.0 Å². The Hall–Kier alpha value is -3.30. The molecule has 10 heteroatoms. The smallest absolute Gasteiger partial charge is 0.261 e. The van der Waals surface area contributed by atoms with E-state index in [2.05, 4.69) is 10.2 Å². The third-order valence-corrected chi connectivity index (χ3v) is 5.52. The molecule has 5 rings (SSSR count). The molecule has 0 spiro atoms. The van der Waals surface area contributed by atoms with Gasteiger partial charge in [0.1, 0.15) is 5.56 Å². The van der Waals surface area contributed by atoms with Gasteiger partial charge in [-0.3, -0.25) is 9.48 Å². The topological polar surface area (TPSA) is 65.2 Å². The third-order valence-electron chi connectivity index (χ3n) is 5.52. The first-order valence-electron chi connectivity index (χ1n) is 9.61. The Morgan fingerprint density at radius 3 is 2.70 bits per heavy atom. The summed E-state index contributed by atoms with van der Waals surface area (Å²) < 4.78 is 49.6. The van der Waals surface area contributed by atoms with Gasteiger partial charge >= 0.3 is 0 Å². The first-order valence-corrected chi connectivity index (χ1v) is 9.61. The van der Waals surface area contributed by atoms with Crippen molar-refractivity contribution < 1.29 is 22.7 Å². The summed E-state index contributed by atoms with van der Waals surface area (Å²) in [5.74, 6) is -3.72. The van der Waals surface area contributed by atoms with Crippen molar-refractivity contribution in [3.8, 4) is 17.1 Å².